The zero-order valence-electron chi connectivity index (χ0n) is 18.5. The van der Waals surface area contributed by atoms with Crippen LogP contribution in [0.15, 0.2) is 0 Å². The van der Waals surface area contributed by atoms with E-state index in [1.54, 1.807) is 0 Å². The zero-order chi connectivity index (χ0) is 21.8. The first-order valence-corrected chi connectivity index (χ1v) is 11.8. The number of hydrogen-bond acceptors (Lipinski definition) is 4. The Morgan fingerprint density at radius 2 is 1.73 bits per heavy atom. The molecule has 1 aliphatic heterocycles. The van der Waals surface area contributed by atoms with Crippen molar-refractivity contribution in [2.45, 2.75) is 108 Å². The number of likely N-dealkylation sites (tertiary alicyclic amines) is 1. The van der Waals surface area contributed by atoms with Crippen LogP contribution in [0.2, 0.25) is 0 Å². The van der Waals surface area contributed by atoms with Crippen molar-refractivity contribution in [1.82, 2.24) is 15.5 Å². The molecule has 3 saturated carbocycles. The first-order chi connectivity index (χ1) is 14.4. The molecular formula is C23H37FN4O2. The molecule has 0 aromatic heterocycles. The van der Waals surface area contributed by atoms with E-state index in [0.29, 0.717) is 0 Å². The van der Waals surface area contributed by atoms with Crippen molar-refractivity contribution in [3.8, 4) is 6.07 Å². The summed E-state index contributed by atoms with van der Waals surface area (Å²) in [6.45, 7) is 4.47. The van der Waals surface area contributed by atoms with Gasteiger partial charge in [0.2, 0.25) is 11.8 Å². The summed E-state index contributed by atoms with van der Waals surface area (Å²) in [5.41, 5.74) is -0.365. The molecule has 0 aromatic rings. The van der Waals surface area contributed by atoms with Crippen LogP contribution in [0.5, 0.6) is 0 Å². The van der Waals surface area contributed by atoms with Crippen molar-refractivity contribution in [3.63, 3.8) is 0 Å². The summed E-state index contributed by atoms with van der Waals surface area (Å²) in [5, 5.41) is 15.9. The Labute approximate surface area is 179 Å². The van der Waals surface area contributed by atoms with Crippen molar-refractivity contribution in [1.29, 1.82) is 5.26 Å². The molecule has 0 aromatic carbocycles. The molecule has 6 nitrogen and oxygen atoms in total. The number of rotatable bonds is 9. The number of fused-ring (bicyclic) bond motifs is 3. The average Bonchev–Trinajstić information content (AvgIpc) is 3.14. The van der Waals surface area contributed by atoms with Crippen LogP contribution in [0.3, 0.4) is 0 Å². The van der Waals surface area contributed by atoms with Gasteiger partial charge >= 0.3 is 0 Å². The van der Waals surface area contributed by atoms with Crippen LogP contribution in [0.1, 0.15) is 84.5 Å². The van der Waals surface area contributed by atoms with Crippen LogP contribution in [0, 0.1) is 16.7 Å². The van der Waals surface area contributed by atoms with Gasteiger partial charge in [0, 0.05) is 23.4 Å². The van der Waals surface area contributed by atoms with Gasteiger partial charge in [-0.1, -0.05) is 26.7 Å². The van der Waals surface area contributed by atoms with Crippen molar-refractivity contribution in [2.75, 3.05) is 13.1 Å². The van der Waals surface area contributed by atoms with Crippen LogP contribution >= 0.6 is 0 Å². The molecule has 2 atom stereocenters. The minimum atomic E-state index is -1.11. The smallest absolute Gasteiger partial charge is 0.237 e. The molecule has 1 heterocycles. The zero-order valence-corrected chi connectivity index (χ0v) is 18.5. The third-order valence-electron chi connectivity index (χ3n) is 7.67. The minimum Gasteiger partial charge on any atom is -0.353 e. The van der Waals surface area contributed by atoms with Crippen molar-refractivity contribution in [3.05, 3.63) is 0 Å². The fourth-order valence-corrected chi connectivity index (χ4v) is 5.66. The molecule has 0 spiro atoms. The molecule has 4 aliphatic rings. The molecular weight excluding hydrogens is 383 g/mol. The maximum absolute atomic E-state index is 13.6. The number of carbonyl (C=O) groups is 2. The van der Waals surface area contributed by atoms with Gasteiger partial charge in [-0.2, -0.15) is 5.26 Å². The lowest BCUT2D eigenvalue weighted by molar-refractivity contribution is -0.140. The quantitative estimate of drug-likeness (QED) is 0.600. The molecule has 2 amide bonds. The molecule has 4 fully saturated rings. The summed E-state index contributed by atoms with van der Waals surface area (Å²) in [6, 6.07) is 1.66. The molecule has 0 radical (unpaired) electrons. The Hall–Kier alpha value is -1.68. The Kier molecular flexibility index (Phi) is 7.38. The van der Waals surface area contributed by atoms with Gasteiger partial charge in [-0.3, -0.25) is 9.59 Å². The average molecular weight is 421 g/mol. The second kappa shape index (κ2) is 9.64. The third kappa shape index (κ3) is 4.80. The van der Waals surface area contributed by atoms with Gasteiger partial charge in [0.25, 0.3) is 0 Å². The van der Waals surface area contributed by atoms with Gasteiger partial charge < -0.3 is 15.5 Å². The summed E-state index contributed by atoms with van der Waals surface area (Å²) < 4.78 is 13.6. The van der Waals surface area contributed by atoms with E-state index in [1.165, 1.54) is 4.90 Å². The van der Waals surface area contributed by atoms with Crippen molar-refractivity contribution < 1.29 is 14.0 Å². The summed E-state index contributed by atoms with van der Waals surface area (Å²) in [5.74, 6) is 0.0277. The molecule has 4 rings (SSSR count). The van der Waals surface area contributed by atoms with E-state index in [2.05, 4.69) is 24.5 Å². The van der Waals surface area contributed by atoms with Gasteiger partial charge in [-0.25, -0.2) is 4.39 Å². The molecule has 7 heteroatoms. The number of nitrogens with zero attached hydrogens (tertiary/aromatic N) is 2. The van der Waals surface area contributed by atoms with Gasteiger partial charge in [-0.15, -0.1) is 0 Å². The van der Waals surface area contributed by atoms with Crippen LogP contribution in [0.4, 0.5) is 4.39 Å². The lowest BCUT2D eigenvalue weighted by Crippen LogP contribution is -2.60. The number of halogens is 1. The van der Waals surface area contributed by atoms with Crippen LogP contribution in [-0.4, -0.2) is 53.6 Å². The van der Waals surface area contributed by atoms with E-state index in [-0.39, 0.29) is 48.3 Å². The highest BCUT2D eigenvalue weighted by atomic mass is 19.1. The van der Waals surface area contributed by atoms with Crippen LogP contribution < -0.4 is 10.6 Å². The highest BCUT2D eigenvalue weighted by Gasteiger charge is 2.52. The monoisotopic (exact) mass is 420 g/mol. The predicted octanol–water partition coefficient (Wildman–Crippen LogP) is 3.22. The lowest BCUT2D eigenvalue weighted by Gasteiger charge is -2.53. The summed E-state index contributed by atoms with van der Waals surface area (Å²) in [7, 11) is 0. The van der Waals surface area contributed by atoms with Crippen LogP contribution in [0.25, 0.3) is 0 Å². The number of amides is 2. The van der Waals surface area contributed by atoms with Gasteiger partial charge in [0.05, 0.1) is 19.2 Å². The highest BCUT2D eigenvalue weighted by molar-refractivity contribution is 5.83. The van der Waals surface area contributed by atoms with E-state index in [1.807, 2.05) is 6.07 Å². The molecule has 1 saturated heterocycles. The van der Waals surface area contributed by atoms with E-state index in [4.69, 9.17) is 5.26 Å². The Balaban J connectivity index is 1.52. The summed E-state index contributed by atoms with van der Waals surface area (Å²) in [4.78, 5) is 27.1. The van der Waals surface area contributed by atoms with Crippen LogP contribution in [-0.2, 0) is 9.59 Å². The Bertz CT molecular complexity index is 646. The van der Waals surface area contributed by atoms with Crippen molar-refractivity contribution in [2.24, 2.45) is 5.41 Å². The molecule has 2 N–H and O–H groups in total. The second-order valence-electron chi connectivity index (χ2n) is 9.69. The Morgan fingerprint density at radius 3 is 2.27 bits per heavy atom. The standard InChI is InChI=1S/C23H37FN4O2/c1-3-5-18(6-4-2)27-21(30)22-7-10-23(11-8-22,12-9-22)26-15-20(29)28-16-17(24)13-19(28)14-25/h17-19,26H,3-13,15-16H2,1-2H3,(H,27,30)/t17-,19-,22?,23?/m0/s1. The number of carbonyl (C=O) groups excluding carboxylic acids is 2. The fraction of sp³-hybridized carbons (Fsp3) is 0.870. The van der Waals surface area contributed by atoms with Gasteiger partial charge in [0.15, 0.2) is 0 Å². The second-order valence-corrected chi connectivity index (χ2v) is 9.69. The van der Waals surface area contributed by atoms with E-state index < -0.39 is 12.2 Å². The molecule has 30 heavy (non-hydrogen) atoms. The van der Waals surface area contributed by atoms with Crippen molar-refractivity contribution >= 4 is 11.8 Å². The maximum atomic E-state index is 13.6. The summed E-state index contributed by atoms with van der Waals surface area (Å²) >= 11 is 0. The van der Waals surface area contributed by atoms with Gasteiger partial charge in [0.1, 0.15) is 12.2 Å². The lowest BCUT2D eigenvalue weighted by atomic mass is 9.56. The topological polar surface area (TPSA) is 85.2 Å². The molecule has 168 valence electrons. The number of alkyl halides is 1. The number of hydrogen-bond donors (Lipinski definition) is 2. The fourth-order valence-electron chi connectivity index (χ4n) is 5.66. The van der Waals surface area contributed by atoms with E-state index in [9.17, 15) is 14.0 Å². The normalized spacial score (nSPS) is 33.0. The number of nitriles is 1. The highest BCUT2D eigenvalue weighted by Crippen LogP contribution is 2.52. The van der Waals surface area contributed by atoms with E-state index >= 15 is 0 Å². The first-order valence-electron chi connectivity index (χ1n) is 11.8. The first kappa shape index (κ1) is 23.0. The SMILES string of the molecule is CCCC(CCC)NC(=O)C12CCC(NCC(=O)N3C[C@@H](F)C[C@H]3C#N)(CC1)CC2. The van der Waals surface area contributed by atoms with Gasteiger partial charge in [-0.05, 0) is 51.4 Å². The minimum absolute atomic E-state index is 0.0196. The number of nitrogens with one attached hydrogen (secondary N) is 2. The summed E-state index contributed by atoms with van der Waals surface area (Å²) in [6.07, 6.45) is 8.41. The molecule has 3 aliphatic carbocycles. The van der Waals surface area contributed by atoms with E-state index in [0.717, 1.165) is 64.2 Å². The largest absolute Gasteiger partial charge is 0.353 e. The predicted molar refractivity (Wildman–Crippen MR) is 113 cm³/mol. The molecule has 2 bridgehead atoms. The Morgan fingerprint density at radius 1 is 1.13 bits per heavy atom. The molecule has 0 unspecified atom stereocenters. The third-order valence-corrected chi connectivity index (χ3v) is 7.67. The maximum Gasteiger partial charge on any atom is 0.237 e.